The van der Waals surface area contributed by atoms with E-state index >= 15 is 0 Å². The number of rotatable bonds is 12. The van der Waals surface area contributed by atoms with Gasteiger partial charge in [-0.05, 0) is 12.8 Å². The molecule has 0 saturated heterocycles. The minimum absolute atomic E-state index is 0.178. The van der Waals surface area contributed by atoms with Crippen molar-refractivity contribution in [3.8, 4) is 0 Å². The lowest BCUT2D eigenvalue weighted by atomic mass is 10.3. The third-order valence-electron chi connectivity index (χ3n) is 2.88. The smallest absolute Gasteiger partial charge is 0.375 e. The molecule has 0 N–H and O–H groups in total. The molecule has 0 aliphatic heterocycles. The summed E-state index contributed by atoms with van der Waals surface area (Å²) in [5, 5.41) is 0. The van der Waals surface area contributed by atoms with Crippen LogP contribution in [0.3, 0.4) is 0 Å². The van der Waals surface area contributed by atoms with E-state index in [1.807, 2.05) is 13.8 Å². The summed E-state index contributed by atoms with van der Waals surface area (Å²) in [5.74, 6) is -2.32. The van der Waals surface area contributed by atoms with Crippen LogP contribution in [0.4, 0.5) is 0 Å². The Labute approximate surface area is 153 Å². The number of ether oxygens (including phenoxy) is 1. The minimum Gasteiger partial charge on any atom is -0.445 e. The standard InChI is InChI=1S/C14H26Cl3O5P/c1-4-6-8-10-20-23(19,21-11-9-7-5-2)13(14(15,16)17)22-12(3)18/h13H,4-11H2,1-3H3. The maximum absolute atomic E-state index is 13.0. The number of carbonyl (C=O) groups is 1. The van der Waals surface area contributed by atoms with Gasteiger partial charge in [-0.2, -0.15) is 0 Å². The van der Waals surface area contributed by atoms with Crippen molar-refractivity contribution in [3.05, 3.63) is 0 Å². The first-order valence-electron chi connectivity index (χ1n) is 7.80. The lowest BCUT2D eigenvalue weighted by Crippen LogP contribution is -2.32. The zero-order chi connectivity index (χ0) is 17.9. The molecule has 0 aromatic heterocycles. The summed E-state index contributed by atoms with van der Waals surface area (Å²) in [7, 11) is -3.92. The van der Waals surface area contributed by atoms with Crippen molar-refractivity contribution in [2.45, 2.75) is 68.9 Å². The number of hydrogen-bond donors (Lipinski definition) is 0. The maximum atomic E-state index is 13.0. The van der Waals surface area contributed by atoms with E-state index in [9.17, 15) is 9.36 Å². The molecular weight excluding hydrogens is 385 g/mol. The fourth-order valence-corrected chi connectivity index (χ4v) is 4.69. The summed E-state index contributed by atoms with van der Waals surface area (Å²) in [4.78, 5) is 11.3. The summed E-state index contributed by atoms with van der Waals surface area (Å²) >= 11 is 17.5. The summed E-state index contributed by atoms with van der Waals surface area (Å²) < 4.78 is 26.7. The van der Waals surface area contributed by atoms with Crippen LogP contribution in [0.5, 0.6) is 0 Å². The Kier molecular flexibility index (Phi) is 12.2. The average molecular weight is 412 g/mol. The quantitative estimate of drug-likeness (QED) is 0.174. The second-order valence-corrected chi connectivity index (χ2v) is 9.56. The van der Waals surface area contributed by atoms with Crippen molar-refractivity contribution >= 4 is 48.4 Å². The van der Waals surface area contributed by atoms with Gasteiger partial charge in [0.1, 0.15) is 0 Å². The first-order chi connectivity index (χ1) is 10.7. The highest BCUT2D eigenvalue weighted by atomic mass is 35.6. The molecule has 0 radical (unpaired) electrons. The molecule has 0 saturated carbocycles. The van der Waals surface area contributed by atoms with Gasteiger partial charge in [0, 0.05) is 6.92 Å². The van der Waals surface area contributed by atoms with Crippen molar-refractivity contribution in [2.75, 3.05) is 13.2 Å². The van der Waals surface area contributed by atoms with E-state index in [1.54, 1.807) is 0 Å². The van der Waals surface area contributed by atoms with Gasteiger partial charge in [-0.1, -0.05) is 74.3 Å². The number of esters is 1. The van der Waals surface area contributed by atoms with Crippen LogP contribution in [-0.2, 0) is 23.1 Å². The molecule has 0 rings (SSSR count). The van der Waals surface area contributed by atoms with Gasteiger partial charge in [0.15, 0.2) is 0 Å². The number of alkyl halides is 3. The Morgan fingerprint density at radius 2 is 1.43 bits per heavy atom. The van der Waals surface area contributed by atoms with E-state index in [-0.39, 0.29) is 13.2 Å². The highest BCUT2D eigenvalue weighted by molar-refractivity contribution is 7.55. The molecule has 0 fully saturated rings. The van der Waals surface area contributed by atoms with Crippen LogP contribution in [0.1, 0.15) is 59.3 Å². The van der Waals surface area contributed by atoms with E-state index in [0.717, 1.165) is 32.6 Å². The molecule has 0 bridgehead atoms. The van der Waals surface area contributed by atoms with Crippen molar-refractivity contribution in [1.29, 1.82) is 0 Å². The molecule has 0 heterocycles. The minimum atomic E-state index is -3.92. The highest BCUT2D eigenvalue weighted by Crippen LogP contribution is 2.60. The van der Waals surface area contributed by atoms with Crippen LogP contribution in [0.25, 0.3) is 0 Å². The second kappa shape index (κ2) is 11.9. The van der Waals surface area contributed by atoms with Gasteiger partial charge in [0.2, 0.25) is 9.64 Å². The van der Waals surface area contributed by atoms with Crippen molar-refractivity contribution < 1.29 is 23.1 Å². The van der Waals surface area contributed by atoms with Crippen LogP contribution in [0.2, 0.25) is 0 Å². The fourth-order valence-electron chi connectivity index (χ4n) is 1.73. The van der Waals surface area contributed by atoms with E-state index in [1.165, 1.54) is 0 Å². The van der Waals surface area contributed by atoms with Crippen molar-refractivity contribution in [3.63, 3.8) is 0 Å². The Morgan fingerprint density at radius 1 is 1.00 bits per heavy atom. The van der Waals surface area contributed by atoms with Gasteiger partial charge in [0.25, 0.3) is 0 Å². The van der Waals surface area contributed by atoms with Gasteiger partial charge < -0.3 is 13.8 Å². The number of halogens is 3. The van der Waals surface area contributed by atoms with Crippen LogP contribution in [0, 0.1) is 0 Å². The van der Waals surface area contributed by atoms with Gasteiger partial charge in [0.05, 0.1) is 13.2 Å². The lowest BCUT2D eigenvalue weighted by Gasteiger charge is -2.30. The van der Waals surface area contributed by atoms with Gasteiger partial charge in [-0.3, -0.25) is 9.36 Å². The monoisotopic (exact) mass is 410 g/mol. The van der Waals surface area contributed by atoms with Gasteiger partial charge in [-0.25, -0.2) is 0 Å². The molecule has 1 atom stereocenters. The van der Waals surface area contributed by atoms with Crippen molar-refractivity contribution in [1.82, 2.24) is 0 Å². The maximum Gasteiger partial charge on any atom is 0.375 e. The van der Waals surface area contributed by atoms with Gasteiger partial charge in [-0.15, -0.1) is 0 Å². The van der Waals surface area contributed by atoms with E-state index in [0.29, 0.717) is 12.8 Å². The summed E-state index contributed by atoms with van der Waals surface area (Å²) in [6.45, 7) is 5.56. The molecule has 0 aliphatic rings. The Hall–Kier alpha value is 0.490. The molecule has 0 aliphatic carbocycles. The number of unbranched alkanes of at least 4 members (excludes halogenated alkanes) is 4. The molecule has 5 nitrogen and oxygen atoms in total. The molecule has 0 aromatic carbocycles. The van der Waals surface area contributed by atoms with Crippen LogP contribution >= 0.6 is 42.4 Å². The van der Waals surface area contributed by atoms with Crippen LogP contribution in [-0.4, -0.2) is 28.8 Å². The topological polar surface area (TPSA) is 61.8 Å². The molecule has 0 amide bonds. The van der Waals surface area contributed by atoms with Crippen molar-refractivity contribution in [2.24, 2.45) is 0 Å². The SMILES string of the molecule is CCCCCOP(=O)(OCCCCC)C(OC(C)=O)C(Cl)(Cl)Cl. The fraction of sp³-hybridized carbons (Fsp3) is 0.929. The average Bonchev–Trinajstić information content (AvgIpc) is 2.44. The lowest BCUT2D eigenvalue weighted by molar-refractivity contribution is -0.143. The Balaban J connectivity index is 5.07. The van der Waals surface area contributed by atoms with E-state index < -0.39 is 23.2 Å². The first kappa shape index (κ1) is 23.5. The number of hydrogen-bond acceptors (Lipinski definition) is 5. The molecule has 138 valence electrons. The summed E-state index contributed by atoms with van der Waals surface area (Å²) in [5.41, 5.74) is 0. The molecule has 0 aromatic rings. The molecular formula is C14H26Cl3O5P. The van der Waals surface area contributed by atoms with Gasteiger partial charge >= 0.3 is 13.6 Å². The van der Waals surface area contributed by atoms with Crippen LogP contribution in [0.15, 0.2) is 0 Å². The third kappa shape index (κ3) is 10.2. The summed E-state index contributed by atoms with van der Waals surface area (Å²) in [6, 6.07) is 0. The Morgan fingerprint density at radius 3 is 1.74 bits per heavy atom. The van der Waals surface area contributed by atoms with E-state index in [2.05, 4.69) is 0 Å². The number of carbonyl (C=O) groups excluding carboxylic acids is 1. The summed E-state index contributed by atoms with van der Waals surface area (Å²) in [6.07, 6.45) is 5.13. The van der Waals surface area contributed by atoms with Crippen LogP contribution < -0.4 is 0 Å². The molecule has 9 heteroatoms. The molecule has 0 spiro atoms. The third-order valence-corrected chi connectivity index (χ3v) is 6.09. The zero-order valence-electron chi connectivity index (χ0n) is 13.9. The highest BCUT2D eigenvalue weighted by Gasteiger charge is 2.51. The largest absolute Gasteiger partial charge is 0.445 e. The Bertz CT molecular complexity index is 371. The molecule has 1 unspecified atom stereocenters. The zero-order valence-corrected chi connectivity index (χ0v) is 17.0. The van der Waals surface area contributed by atoms with E-state index in [4.69, 9.17) is 48.6 Å². The second-order valence-electron chi connectivity index (χ2n) is 5.12. The first-order valence-corrected chi connectivity index (χ1v) is 10.5. The predicted molar refractivity (Wildman–Crippen MR) is 94.4 cm³/mol. The predicted octanol–water partition coefficient (Wildman–Crippen LogP) is 5.85. The normalized spacial score (nSPS) is 13.8. The molecule has 23 heavy (non-hydrogen) atoms.